The monoisotopic (exact) mass is 420 g/mol. The number of hydrogen-bond donors (Lipinski definition) is 0. The van der Waals surface area contributed by atoms with Crippen molar-refractivity contribution in [1.29, 1.82) is 0 Å². The van der Waals surface area contributed by atoms with Gasteiger partial charge < -0.3 is 4.90 Å². The number of hydrazone groups is 1. The van der Waals surface area contributed by atoms with Crippen LogP contribution in [0.15, 0.2) is 52.0 Å². The Labute approximate surface area is 159 Å². The number of anilines is 1. The SMILES string of the molecule is Fc1ccccc1C1=NN(CN2CCCC2)CN1c1ccc(Br)cc1F. The zero-order valence-corrected chi connectivity index (χ0v) is 15.8. The van der Waals surface area contributed by atoms with Crippen molar-refractivity contribution in [2.24, 2.45) is 5.10 Å². The number of amidine groups is 1. The van der Waals surface area contributed by atoms with Crippen molar-refractivity contribution in [2.45, 2.75) is 12.8 Å². The van der Waals surface area contributed by atoms with E-state index in [0.717, 1.165) is 13.1 Å². The molecule has 0 N–H and O–H groups in total. The van der Waals surface area contributed by atoms with Gasteiger partial charge in [0.1, 0.15) is 18.3 Å². The first-order valence-corrected chi connectivity index (χ1v) is 9.44. The third-order valence-electron chi connectivity index (χ3n) is 4.67. The Balaban J connectivity index is 1.69. The van der Waals surface area contributed by atoms with Crippen LogP contribution in [0.3, 0.4) is 0 Å². The molecule has 26 heavy (non-hydrogen) atoms. The van der Waals surface area contributed by atoms with Gasteiger partial charge in [0.15, 0.2) is 5.84 Å². The standard InChI is InChI=1S/C19H19BrF2N4/c20-14-7-8-18(17(22)11-14)26-13-25(12-24-9-3-4-10-24)23-19(26)15-5-1-2-6-16(15)21/h1-2,5-8,11H,3-4,9-10,12-13H2. The molecule has 0 aromatic heterocycles. The van der Waals surface area contributed by atoms with E-state index >= 15 is 0 Å². The van der Waals surface area contributed by atoms with E-state index in [1.54, 1.807) is 35.2 Å². The number of nitrogens with zero attached hydrogens (tertiary/aromatic N) is 4. The molecule has 0 radical (unpaired) electrons. The lowest BCUT2D eigenvalue weighted by Crippen LogP contribution is -2.37. The molecule has 2 aromatic carbocycles. The molecule has 2 aromatic rings. The first kappa shape index (κ1) is 17.4. The van der Waals surface area contributed by atoms with E-state index in [1.807, 2.05) is 5.01 Å². The van der Waals surface area contributed by atoms with E-state index < -0.39 is 0 Å². The minimum Gasteiger partial charge on any atom is -0.302 e. The maximum absolute atomic E-state index is 14.6. The molecule has 0 amide bonds. The topological polar surface area (TPSA) is 22.1 Å². The fourth-order valence-electron chi connectivity index (χ4n) is 3.41. The van der Waals surface area contributed by atoms with Crippen LogP contribution in [0.25, 0.3) is 0 Å². The van der Waals surface area contributed by atoms with Gasteiger partial charge in [-0.2, -0.15) is 5.10 Å². The Bertz CT molecular complexity index is 836. The van der Waals surface area contributed by atoms with Gasteiger partial charge >= 0.3 is 0 Å². The summed E-state index contributed by atoms with van der Waals surface area (Å²) in [5.41, 5.74) is 0.762. The molecule has 2 aliphatic heterocycles. The Morgan fingerprint density at radius 3 is 2.50 bits per heavy atom. The third-order valence-corrected chi connectivity index (χ3v) is 5.17. The van der Waals surface area contributed by atoms with Gasteiger partial charge in [0.05, 0.1) is 17.9 Å². The Hall–Kier alpha value is -1.99. The molecule has 0 atom stereocenters. The second-order valence-electron chi connectivity index (χ2n) is 6.54. The molecule has 0 spiro atoms. The smallest absolute Gasteiger partial charge is 0.165 e. The zero-order chi connectivity index (χ0) is 18.1. The summed E-state index contributed by atoms with van der Waals surface area (Å²) in [5, 5.41) is 6.49. The van der Waals surface area contributed by atoms with Crippen LogP contribution in [0.5, 0.6) is 0 Å². The van der Waals surface area contributed by atoms with Gasteiger partial charge in [-0.1, -0.05) is 28.1 Å². The molecular weight excluding hydrogens is 402 g/mol. The second-order valence-corrected chi connectivity index (χ2v) is 7.46. The van der Waals surface area contributed by atoms with Crippen LogP contribution in [0, 0.1) is 11.6 Å². The molecule has 4 rings (SSSR count). The van der Waals surface area contributed by atoms with Crippen LogP contribution in [0.4, 0.5) is 14.5 Å². The van der Waals surface area contributed by atoms with E-state index in [-0.39, 0.29) is 11.6 Å². The summed E-state index contributed by atoms with van der Waals surface area (Å²) in [6.45, 7) is 3.12. The first-order valence-electron chi connectivity index (χ1n) is 8.65. The second kappa shape index (κ2) is 7.32. The van der Waals surface area contributed by atoms with E-state index in [0.29, 0.717) is 34.9 Å². The summed E-state index contributed by atoms with van der Waals surface area (Å²) >= 11 is 3.28. The largest absolute Gasteiger partial charge is 0.302 e. The predicted octanol–water partition coefficient (Wildman–Crippen LogP) is 4.22. The maximum Gasteiger partial charge on any atom is 0.165 e. The normalized spacial score (nSPS) is 17.9. The molecule has 1 fully saturated rings. The number of benzene rings is 2. The van der Waals surface area contributed by atoms with E-state index in [4.69, 9.17) is 0 Å². The van der Waals surface area contributed by atoms with E-state index in [1.165, 1.54) is 25.0 Å². The van der Waals surface area contributed by atoms with Gasteiger partial charge in [0.2, 0.25) is 0 Å². The molecule has 0 unspecified atom stereocenters. The third kappa shape index (κ3) is 3.46. The highest BCUT2D eigenvalue weighted by atomic mass is 79.9. The van der Waals surface area contributed by atoms with Crippen LogP contribution >= 0.6 is 15.9 Å². The summed E-state index contributed by atoms with van der Waals surface area (Å²) in [6, 6.07) is 11.4. The van der Waals surface area contributed by atoms with Crippen molar-refractivity contribution in [2.75, 3.05) is 31.3 Å². The Morgan fingerprint density at radius 1 is 1.00 bits per heavy atom. The molecule has 7 heteroatoms. The van der Waals surface area contributed by atoms with Gasteiger partial charge in [-0.25, -0.2) is 8.78 Å². The van der Waals surface area contributed by atoms with E-state index in [2.05, 4.69) is 25.9 Å². The lowest BCUT2D eigenvalue weighted by Gasteiger charge is -2.25. The molecule has 1 saturated heterocycles. The van der Waals surface area contributed by atoms with Gasteiger partial charge in [-0.3, -0.25) is 9.91 Å². The lowest BCUT2D eigenvalue weighted by molar-refractivity contribution is 0.172. The van der Waals surface area contributed by atoms with Gasteiger partial charge in [0.25, 0.3) is 0 Å². The molecule has 136 valence electrons. The van der Waals surface area contributed by atoms with Crippen molar-refractivity contribution in [3.05, 3.63) is 64.1 Å². The summed E-state index contributed by atoms with van der Waals surface area (Å²) in [7, 11) is 0. The Morgan fingerprint density at radius 2 is 1.77 bits per heavy atom. The van der Waals surface area contributed by atoms with Gasteiger partial charge in [0, 0.05) is 4.47 Å². The minimum absolute atomic E-state index is 0.364. The quantitative estimate of drug-likeness (QED) is 0.738. The average molecular weight is 421 g/mol. The first-order chi connectivity index (χ1) is 12.6. The van der Waals surface area contributed by atoms with Crippen molar-refractivity contribution < 1.29 is 8.78 Å². The zero-order valence-electron chi connectivity index (χ0n) is 14.2. The molecule has 0 aliphatic carbocycles. The molecule has 0 saturated carbocycles. The van der Waals surface area contributed by atoms with Crippen molar-refractivity contribution in [3.63, 3.8) is 0 Å². The Kier molecular flexibility index (Phi) is 4.91. The highest BCUT2D eigenvalue weighted by Gasteiger charge is 2.30. The fraction of sp³-hybridized carbons (Fsp3) is 0.316. The molecular formula is C19H19BrF2N4. The van der Waals surface area contributed by atoms with Crippen LogP contribution in [0.2, 0.25) is 0 Å². The predicted molar refractivity (Wildman–Crippen MR) is 102 cm³/mol. The van der Waals surface area contributed by atoms with Crippen molar-refractivity contribution >= 4 is 27.5 Å². The molecule has 4 nitrogen and oxygen atoms in total. The number of rotatable bonds is 4. The number of halogens is 3. The van der Waals surface area contributed by atoms with E-state index in [9.17, 15) is 8.78 Å². The number of likely N-dealkylation sites (tertiary alicyclic amines) is 1. The summed E-state index contributed by atoms with van der Waals surface area (Å²) in [6.07, 6.45) is 2.37. The average Bonchev–Trinajstić information content (AvgIpc) is 3.26. The van der Waals surface area contributed by atoms with Crippen LogP contribution < -0.4 is 4.90 Å². The summed E-state index contributed by atoms with van der Waals surface area (Å²) in [5.74, 6) is -0.299. The number of hydrogen-bond acceptors (Lipinski definition) is 4. The minimum atomic E-state index is -0.369. The van der Waals surface area contributed by atoms with Crippen LogP contribution in [0.1, 0.15) is 18.4 Å². The summed E-state index contributed by atoms with van der Waals surface area (Å²) < 4.78 is 29.6. The summed E-state index contributed by atoms with van der Waals surface area (Å²) in [4.78, 5) is 4.04. The molecule has 2 aliphatic rings. The van der Waals surface area contributed by atoms with Gasteiger partial charge in [-0.05, 0) is 56.3 Å². The van der Waals surface area contributed by atoms with Crippen molar-refractivity contribution in [1.82, 2.24) is 9.91 Å². The maximum atomic E-state index is 14.6. The van der Waals surface area contributed by atoms with Crippen LogP contribution in [-0.2, 0) is 0 Å². The van der Waals surface area contributed by atoms with Gasteiger partial charge in [-0.15, -0.1) is 0 Å². The lowest BCUT2D eigenvalue weighted by atomic mass is 10.1. The van der Waals surface area contributed by atoms with Crippen LogP contribution in [-0.4, -0.2) is 42.2 Å². The van der Waals surface area contributed by atoms with Crippen molar-refractivity contribution in [3.8, 4) is 0 Å². The highest BCUT2D eigenvalue weighted by Crippen LogP contribution is 2.29. The highest BCUT2D eigenvalue weighted by molar-refractivity contribution is 9.10. The molecule has 0 bridgehead atoms. The fourth-order valence-corrected chi connectivity index (χ4v) is 3.75. The molecule has 2 heterocycles.